The fraction of sp³-hybridized carbons (Fsp3) is 0.393. The lowest BCUT2D eigenvalue weighted by atomic mass is 10.0. The zero-order chi connectivity index (χ0) is 30.1. The van der Waals surface area contributed by atoms with Crippen LogP contribution in [0.3, 0.4) is 0 Å². The lowest BCUT2D eigenvalue weighted by molar-refractivity contribution is -0.149. The van der Waals surface area contributed by atoms with E-state index in [1.807, 2.05) is 0 Å². The first-order valence-electron chi connectivity index (χ1n) is 13.1. The molecule has 1 heterocycles. The first-order chi connectivity index (χ1) is 19.4. The molecule has 1 aliphatic rings. The third kappa shape index (κ3) is 8.93. The molecule has 13 heteroatoms. The van der Waals surface area contributed by atoms with Crippen LogP contribution in [0.4, 0.5) is 0 Å². The molecule has 41 heavy (non-hydrogen) atoms. The maximum absolute atomic E-state index is 13.6. The van der Waals surface area contributed by atoms with Gasteiger partial charge in [0.1, 0.15) is 29.6 Å². The van der Waals surface area contributed by atoms with Crippen LogP contribution in [-0.2, 0) is 36.8 Å². The van der Waals surface area contributed by atoms with E-state index >= 15 is 0 Å². The molecule has 1 saturated heterocycles. The number of aliphatic carboxylic acids is 2. The summed E-state index contributed by atoms with van der Waals surface area (Å²) in [4.78, 5) is 63.8. The molecule has 2 aromatic rings. The number of phenols is 2. The summed E-state index contributed by atoms with van der Waals surface area (Å²) in [5.74, 6) is -4.42. The van der Waals surface area contributed by atoms with E-state index < -0.39 is 53.8 Å². The molecule has 0 aromatic heterocycles. The summed E-state index contributed by atoms with van der Waals surface area (Å²) in [5.41, 5.74) is 6.99. The fourth-order valence-corrected chi connectivity index (χ4v) is 4.59. The average Bonchev–Trinajstić information content (AvgIpc) is 3.43. The number of hydrogen-bond donors (Lipinski definition) is 7. The second kappa shape index (κ2) is 14.1. The quantitative estimate of drug-likeness (QED) is 0.172. The molecule has 0 bridgehead atoms. The monoisotopic (exact) mass is 570 g/mol. The van der Waals surface area contributed by atoms with Crippen molar-refractivity contribution in [1.29, 1.82) is 0 Å². The Morgan fingerprint density at radius 1 is 0.829 bits per heavy atom. The third-order valence-corrected chi connectivity index (χ3v) is 6.83. The molecule has 4 unspecified atom stereocenters. The molecule has 3 amide bonds. The van der Waals surface area contributed by atoms with Crippen LogP contribution in [0, 0.1) is 0 Å². The molecule has 2 aromatic carbocycles. The number of carbonyl (C=O) groups excluding carboxylic acids is 3. The zero-order valence-corrected chi connectivity index (χ0v) is 22.2. The second-order valence-electron chi connectivity index (χ2n) is 9.93. The number of hydrogen-bond acceptors (Lipinski definition) is 8. The van der Waals surface area contributed by atoms with Gasteiger partial charge in [-0.3, -0.25) is 19.2 Å². The van der Waals surface area contributed by atoms with Gasteiger partial charge in [0, 0.05) is 25.8 Å². The van der Waals surface area contributed by atoms with Crippen LogP contribution in [0.5, 0.6) is 11.5 Å². The van der Waals surface area contributed by atoms with Gasteiger partial charge in [0.15, 0.2) is 0 Å². The number of carboxylic acid groups (broad SMARTS) is 2. The van der Waals surface area contributed by atoms with Crippen molar-refractivity contribution in [3.8, 4) is 11.5 Å². The summed E-state index contributed by atoms with van der Waals surface area (Å²) in [7, 11) is 0. The first-order valence-corrected chi connectivity index (χ1v) is 13.1. The van der Waals surface area contributed by atoms with Crippen molar-refractivity contribution in [2.45, 2.75) is 62.7 Å². The van der Waals surface area contributed by atoms with E-state index in [-0.39, 0.29) is 50.1 Å². The highest BCUT2D eigenvalue weighted by atomic mass is 16.4. The molecule has 4 atom stereocenters. The Hall–Kier alpha value is -4.65. The van der Waals surface area contributed by atoms with E-state index in [0.717, 1.165) is 0 Å². The molecule has 13 nitrogen and oxygen atoms in total. The molecule has 1 aliphatic heterocycles. The Labute approximate surface area is 236 Å². The van der Waals surface area contributed by atoms with Crippen molar-refractivity contribution in [2.75, 3.05) is 6.54 Å². The zero-order valence-electron chi connectivity index (χ0n) is 22.2. The van der Waals surface area contributed by atoms with E-state index in [2.05, 4.69) is 10.6 Å². The van der Waals surface area contributed by atoms with Crippen molar-refractivity contribution in [2.24, 2.45) is 5.73 Å². The van der Waals surface area contributed by atoms with E-state index in [4.69, 9.17) is 10.8 Å². The minimum atomic E-state index is -1.24. The number of amides is 3. The highest BCUT2D eigenvalue weighted by Gasteiger charge is 2.38. The van der Waals surface area contributed by atoms with Gasteiger partial charge in [0.2, 0.25) is 17.7 Å². The smallest absolute Gasteiger partial charge is 0.326 e. The maximum Gasteiger partial charge on any atom is 0.326 e. The Kier molecular flexibility index (Phi) is 10.6. The molecule has 220 valence electrons. The van der Waals surface area contributed by atoms with Gasteiger partial charge < -0.3 is 41.7 Å². The normalized spacial score (nSPS) is 16.8. The van der Waals surface area contributed by atoms with Crippen molar-refractivity contribution in [3.63, 3.8) is 0 Å². The molecule has 0 saturated carbocycles. The molecule has 0 aliphatic carbocycles. The van der Waals surface area contributed by atoms with Gasteiger partial charge in [-0.25, -0.2) is 4.79 Å². The van der Waals surface area contributed by atoms with Crippen LogP contribution in [0.2, 0.25) is 0 Å². The fourth-order valence-electron chi connectivity index (χ4n) is 4.59. The molecular weight excluding hydrogens is 536 g/mol. The number of carbonyl (C=O) groups is 5. The number of nitrogens with one attached hydrogen (secondary N) is 2. The van der Waals surface area contributed by atoms with E-state index in [0.29, 0.717) is 17.5 Å². The molecule has 3 rings (SSSR count). The maximum atomic E-state index is 13.6. The van der Waals surface area contributed by atoms with E-state index in [1.54, 1.807) is 24.3 Å². The SMILES string of the molecule is NC(CCC(=O)O)C(=O)NC(Cc1ccc(O)cc1)C(=O)NC(Cc1ccc(O)cc1)C(=O)N1CCCC1C(=O)O. The number of nitrogens with zero attached hydrogens (tertiary/aromatic N) is 1. The van der Waals surface area contributed by atoms with Crippen LogP contribution in [0.1, 0.15) is 36.8 Å². The van der Waals surface area contributed by atoms with Crippen LogP contribution >= 0.6 is 0 Å². The molecule has 0 radical (unpaired) electrons. The molecule has 0 spiro atoms. The summed E-state index contributed by atoms with van der Waals surface area (Å²) in [6.45, 7) is 0.198. The van der Waals surface area contributed by atoms with Crippen LogP contribution in [-0.4, -0.2) is 85.7 Å². The predicted octanol–water partition coefficient (Wildman–Crippen LogP) is 0.120. The van der Waals surface area contributed by atoms with Crippen molar-refractivity contribution >= 4 is 29.7 Å². The first kappa shape index (κ1) is 30.9. The van der Waals surface area contributed by atoms with Crippen molar-refractivity contribution < 1.29 is 44.4 Å². The van der Waals surface area contributed by atoms with Gasteiger partial charge in [-0.05, 0) is 54.7 Å². The average molecular weight is 571 g/mol. The van der Waals surface area contributed by atoms with Gasteiger partial charge in [-0.2, -0.15) is 0 Å². The van der Waals surface area contributed by atoms with Crippen LogP contribution in [0.15, 0.2) is 48.5 Å². The summed E-state index contributed by atoms with van der Waals surface area (Å²) in [5, 5.41) is 42.9. The second-order valence-corrected chi connectivity index (χ2v) is 9.93. The number of aromatic hydroxyl groups is 2. The molecule has 1 fully saturated rings. The van der Waals surface area contributed by atoms with E-state index in [1.165, 1.54) is 29.2 Å². The molecule has 8 N–H and O–H groups in total. The lowest BCUT2D eigenvalue weighted by Crippen LogP contribution is -2.58. The van der Waals surface area contributed by atoms with Gasteiger partial charge in [0.25, 0.3) is 0 Å². The van der Waals surface area contributed by atoms with E-state index in [9.17, 15) is 39.3 Å². The number of likely N-dealkylation sites (tertiary alicyclic amines) is 1. The number of nitrogens with two attached hydrogens (primary N) is 1. The van der Waals surface area contributed by atoms with Gasteiger partial charge in [-0.15, -0.1) is 0 Å². The topological polar surface area (TPSA) is 220 Å². The minimum Gasteiger partial charge on any atom is -0.508 e. The summed E-state index contributed by atoms with van der Waals surface area (Å²) in [6.07, 6.45) is 0.164. The lowest BCUT2D eigenvalue weighted by Gasteiger charge is -2.29. The molecular formula is C28H34N4O9. The van der Waals surface area contributed by atoms with Crippen molar-refractivity contribution in [3.05, 3.63) is 59.7 Å². The highest BCUT2D eigenvalue weighted by Crippen LogP contribution is 2.21. The highest BCUT2D eigenvalue weighted by molar-refractivity contribution is 5.94. The number of rotatable bonds is 13. The Morgan fingerprint density at radius 3 is 1.85 bits per heavy atom. The standard InChI is InChI=1S/C28H34N4O9/c29-20(11-12-24(35)36)25(37)30-21(14-16-3-7-18(33)8-4-16)26(38)31-22(15-17-5-9-19(34)10-6-17)27(39)32-13-1-2-23(32)28(40)41/h3-10,20-23,33-34H,1-2,11-15,29H2,(H,30,37)(H,31,38)(H,35,36)(H,40,41). The summed E-state index contributed by atoms with van der Waals surface area (Å²) < 4.78 is 0. The van der Waals surface area contributed by atoms with Crippen molar-refractivity contribution in [1.82, 2.24) is 15.5 Å². The van der Waals surface area contributed by atoms with Gasteiger partial charge in [-0.1, -0.05) is 24.3 Å². The predicted molar refractivity (Wildman–Crippen MR) is 145 cm³/mol. The van der Waals surface area contributed by atoms with Crippen LogP contribution in [0.25, 0.3) is 0 Å². The van der Waals surface area contributed by atoms with Crippen LogP contribution < -0.4 is 16.4 Å². The largest absolute Gasteiger partial charge is 0.508 e. The Morgan fingerprint density at radius 2 is 1.34 bits per heavy atom. The minimum absolute atomic E-state index is 0.00190. The summed E-state index contributed by atoms with van der Waals surface area (Å²) in [6, 6.07) is 7.18. The Bertz CT molecular complexity index is 1250. The third-order valence-electron chi connectivity index (χ3n) is 6.83. The number of phenolic OH excluding ortho intramolecular Hbond substituents is 2. The van der Waals surface area contributed by atoms with Gasteiger partial charge >= 0.3 is 11.9 Å². The van der Waals surface area contributed by atoms with Gasteiger partial charge in [0.05, 0.1) is 6.04 Å². The number of benzene rings is 2. The number of carboxylic acids is 2. The Balaban J connectivity index is 1.86. The summed E-state index contributed by atoms with van der Waals surface area (Å²) >= 11 is 0.